The zero-order valence-corrected chi connectivity index (χ0v) is 17.1. The summed E-state index contributed by atoms with van der Waals surface area (Å²) in [6, 6.07) is 8.79. The van der Waals surface area contributed by atoms with Crippen LogP contribution in [0.25, 0.3) is 0 Å². The molecule has 9 heteroatoms. The second kappa shape index (κ2) is 9.63. The molecule has 0 N–H and O–H groups in total. The third-order valence-corrected chi connectivity index (χ3v) is 4.28. The molecule has 0 aliphatic rings. The van der Waals surface area contributed by atoms with Crippen molar-refractivity contribution in [1.82, 2.24) is 4.90 Å². The molecule has 0 bridgehead atoms. The number of rotatable bonds is 9. The van der Waals surface area contributed by atoms with Crippen molar-refractivity contribution in [1.29, 1.82) is 0 Å². The molecule has 1 amide bonds. The van der Waals surface area contributed by atoms with E-state index in [0.717, 1.165) is 5.56 Å². The summed E-state index contributed by atoms with van der Waals surface area (Å²) in [5.41, 5.74) is 0.461. The Hall–Kier alpha value is -3.49. The van der Waals surface area contributed by atoms with E-state index in [0.29, 0.717) is 5.75 Å². The third-order valence-electron chi connectivity index (χ3n) is 4.28. The van der Waals surface area contributed by atoms with Crippen molar-refractivity contribution in [2.45, 2.75) is 6.92 Å². The summed E-state index contributed by atoms with van der Waals surface area (Å²) < 4.78 is 21.1. The number of benzene rings is 2. The maximum atomic E-state index is 12.9. The average Bonchev–Trinajstić information content (AvgIpc) is 2.72. The molecule has 0 spiro atoms. The number of amides is 1. The molecule has 0 aliphatic heterocycles. The minimum Gasteiger partial charge on any atom is -0.493 e. The molecule has 29 heavy (non-hydrogen) atoms. The van der Waals surface area contributed by atoms with E-state index < -0.39 is 16.5 Å². The largest absolute Gasteiger partial charge is 0.493 e. The quantitative estimate of drug-likeness (QED) is 0.468. The molecule has 2 aromatic carbocycles. The second-order valence-electron chi connectivity index (χ2n) is 6.19. The van der Waals surface area contributed by atoms with Gasteiger partial charge in [0.2, 0.25) is 11.5 Å². The summed E-state index contributed by atoms with van der Waals surface area (Å²) in [6.45, 7) is 2.42. The lowest BCUT2D eigenvalue weighted by atomic mass is 10.1. The molecule has 0 atom stereocenters. The minimum absolute atomic E-state index is 0.0450. The number of carbonyl (C=O) groups is 1. The van der Waals surface area contributed by atoms with Gasteiger partial charge in [0.05, 0.1) is 32.8 Å². The summed E-state index contributed by atoms with van der Waals surface area (Å²) in [7, 11) is 5.50. The predicted octanol–water partition coefficient (Wildman–Crippen LogP) is 3.08. The number of aryl methyl sites for hydroxylation is 1. The molecule has 0 aromatic heterocycles. The van der Waals surface area contributed by atoms with E-state index in [4.69, 9.17) is 18.9 Å². The van der Waals surface area contributed by atoms with Gasteiger partial charge in [0.25, 0.3) is 5.91 Å². The first-order chi connectivity index (χ1) is 13.8. The summed E-state index contributed by atoms with van der Waals surface area (Å²) in [4.78, 5) is 25.2. The predicted molar refractivity (Wildman–Crippen MR) is 106 cm³/mol. The van der Waals surface area contributed by atoms with Gasteiger partial charge in [0.1, 0.15) is 17.9 Å². The third kappa shape index (κ3) is 4.87. The van der Waals surface area contributed by atoms with Gasteiger partial charge in [-0.3, -0.25) is 14.9 Å². The van der Waals surface area contributed by atoms with Gasteiger partial charge >= 0.3 is 5.69 Å². The second-order valence-corrected chi connectivity index (χ2v) is 6.19. The van der Waals surface area contributed by atoms with Crippen molar-refractivity contribution in [3.05, 3.63) is 51.6 Å². The average molecular weight is 404 g/mol. The Kier molecular flexibility index (Phi) is 7.24. The van der Waals surface area contributed by atoms with E-state index in [1.54, 1.807) is 0 Å². The van der Waals surface area contributed by atoms with E-state index in [1.807, 2.05) is 31.2 Å². The van der Waals surface area contributed by atoms with Crippen LogP contribution >= 0.6 is 0 Å². The first kappa shape index (κ1) is 21.8. The topological polar surface area (TPSA) is 100 Å². The van der Waals surface area contributed by atoms with Gasteiger partial charge in [-0.05, 0) is 19.1 Å². The van der Waals surface area contributed by atoms with Gasteiger partial charge in [0.15, 0.2) is 5.75 Å². The van der Waals surface area contributed by atoms with Crippen LogP contribution in [0.15, 0.2) is 30.3 Å². The molecule has 156 valence electrons. The summed E-state index contributed by atoms with van der Waals surface area (Å²) >= 11 is 0. The zero-order valence-electron chi connectivity index (χ0n) is 17.1. The van der Waals surface area contributed by atoms with Crippen LogP contribution in [0.3, 0.4) is 0 Å². The fraction of sp³-hybridized carbons (Fsp3) is 0.350. The fourth-order valence-corrected chi connectivity index (χ4v) is 2.73. The number of ether oxygens (including phenoxy) is 4. The number of methoxy groups -OCH3 is 3. The van der Waals surface area contributed by atoms with Crippen LogP contribution in [0.5, 0.6) is 23.0 Å². The number of nitrogens with zero attached hydrogens (tertiary/aromatic N) is 2. The maximum Gasteiger partial charge on any atom is 0.327 e. The van der Waals surface area contributed by atoms with E-state index >= 15 is 0 Å². The van der Waals surface area contributed by atoms with Crippen LogP contribution in [-0.2, 0) is 0 Å². The minimum atomic E-state index is -0.676. The van der Waals surface area contributed by atoms with Crippen molar-refractivity contribution in [2.24, 2.45) is 0 Å². The number of hydrogen-bond acceptors (Lipinski definition) is 7. The fourth-order valence-electron chi connectivity index (χ4n) is 2.73. The molecule has 9 nitrogen and oxygen atoms in total. The van der Waals surface area contributed by atoms with Gasteiger partial charge in [0, 0.05) is 13.1 Å². The Labute approximate surface area is 168 Å². The monoisotopic (exact) mass is 404 g/mol. The lowest BCUT2D eigenvalue weighted by Crippen LogP contribution is -2.31. The highest BCUT2D eigenvalue weighted by atomic mass is 16.6. The van der Waals surface area contributed by atoms with Crippen LogP contribution in [0.2, 0.25) is 0 Å². The van der Waals surface area contributed by atoms with Crippen molar-refractivity contribution in [2.75, 3.05) is 41.5 Å². The number of hydrogen-bond donors (Lipinski definition) is 0. The van der Waals surface area contributed by atoms with E-state index in [1.165, 1.54) is 39.3 Å². The van der Waals surface area contributed by atoms with E-state index in [9.17, 15) is 14.9 Å². The smallest absolute Gasteiger partial charge is 0.327 e. The molecule has 0 unspecified atom stereocenters. The molecular weight excluding hydrogens is 380 g/mol. The van der Waals surface area contributed by atoms with Crippen molar-refractivity contribution in [3.63, 3.8) is 0 Å². The molecule has 0 aliphatic carbocycles. The molecule has 0 saturated heterocycles. The van der Waals surface area contributed by atoms with Gasteiger partial charge in [-0.1, -0.05) is 17.7 Å². The molecular formula is C20H24N2O7. The maximum absolute atomic E-state index is 12.9. The summed E-state index contributed by atoms with van der Waals surface area (Å²) in [5.74, 6) is 0.134. The van der Waals surface area contributed by atoms with Crippen molar-refractivity contribution in [3.8, 4) is 23.0 Å². The SMILES string of the molecule is COc1cc(C(=O)N(C)CCOc2ccc(C)cc2)c([N+](=O)[O-])c(OC)c1OC. The lowest BCUT2D eigenvalue weighted by Gasteiger charge is -2.20. The number of likely N-dealkylation sites (N-methyl/N-ethyl adjacent to an activating group) is 1. The van der Waals surface area contributed by atoms with Crippen LogP contribution in [-0.4, -0.2) is 57.3 Å². The Morgan fingerprint density at radius 2 is 1.69 bits per heavy atom. The Balaban J connectivity index is 2.25. The Morgan fingerprint density at radius 3 is 2.21 bits per heavy atom. The highest BCUT2D eigenvalue weighted by Crippen LogP contribution is 2.46. The molecule has 0 fully saturated rings. The Bertz CT molecular complexity index is 881. The number of nitro groups is 1. The molecule has 0 saturated carbocycles. The highest BCUT2D eigenvalue weighted by molar-refractivity contribution is 6.00. The number of carbonyl (C=O) groups excluding carboxylic acids is 1. The van der Waals surface area contributed by atoms with Crippen LogP contribution in [0.4, 0.5) is 5.69 Å². The van der Waals surface area contributed by atoms with Gasteiger partial charge in [-0.25, -0.2) is 0 Å². The van der Waals surface area contributed by atoms with Gasteiger partial charge in [-0.2, -0.15) is 0 Å². The molecule has 0 heterocycles. The summed E-state index contributed by atoms with van der Waals surface area (Å²) in [6.07, 6.45) is 0. The van der Waals surface area contributed by atoms with Gasteiger partial charge in [-0.15, -0.1) is 0 Å². The van der Waals surface area contributed by atoms with Gasteiger partial charge < -0.3 is 23.8 Å². The zero-order chi connectivity index (χ0) is 21.6. The summed E-state index contributed by atoms with van der Waals surface area (Å²) in [5, 5.41) is 11.7. The standard InChI is InChI=1S/C20H24N2O7/c1-13-6-8-14(9-7-13)29-11-10-21(2)20(23)15-12-16(26-3)18(27-4)19(28-5)17(15)22(24)25/h6-9,12H,10-11H2,1-5H3. The number of nitro benzene ring substituents is 1. The first-order valence-electron chi connectivity index (χ1n) is 8.76. The van der Waals surface area contributed by atoms with E-state index in [-0.39, 0.29) is 36.0 Å². The molecule has 2 aromatic rings. The molecule has 2 rings (SSSR count). The van der Waals surface area contributed by atoms with Crippen molar-refractivity contribution < 1.29 is 28.7 Å². The Morgan fingerprint density at radius 1 is 1.07 bits per heavy atom. The van der Waals surface area contributed by atoms with Crippen LogP contribution in [0, 0.1) is 17.0 Å². The normalized spacial score (nSPS) is 10.2. The first-order valence-corrected chi connectivity index (χ1v) is 8.76. The van der Waals surface area contributed by atoms with Crippen LogP contribution < -0.4 is 18.9 Å². The lowest BCUT2D eigenvalue weighted by molar-refractivity contribution is -0.386. The molecule has 0 radical (unpaired) electrons. The van der Waals surface area contributed by atoms with Crippen molar-refractivity contribution >= 4 is 11.6 Å². The van der Waals surface area contributed by atoms with Crippen LogP contribution in [0.1, 0.15) is 15.9 Å². The van der Waals surface area contributed by atoms with E-state index in [2.05, 4.69) is 0 Å². The highest BCUT2D eigenvalue weighted by Gasteiger charge is 2.33.